The van der Waals surface area contributed by atoms with Crippen molar-refractivity contribution >= 4 is 46.2 Å². The average Bonchev–Trinajstić information content (AvgIpc) is 2.06. The predicted molar refractivity (Wildman–Crippen MR) is 56.8 cm³/mol. The van der Waals surface area contributed by atoms with Crippen molar-refractivity contribution < 1.29 is 4.39 Å². The predicted octanol–water partition coefficient (Wildman–Crippen LogP) is 2.79. The first-order valence-electron chi connectivity index (χ1n) is 3.22. The third-order valence-electron chi connectivity index (χ3n) is 1.29. The maximum Gasteiger partial charge on any atom is 0.168 e. The number of hydrogen-bond donors (Lipinski definition) is 2. The molecule has 0 aliphatic heterocycles. The lowest BCUT2D eigenvalue weighted by Crippen LogP contribution is -2.19. The molecule has 0 aliphatic carbocycles. The van der Waals surface area contributed by atoms with Gasteiger partial charge in [-0.3, -0.25) is 0 Å². The summed E-state index contributed by atoms with van der Waals surface area (Å²) in [6.07, 6.45) is 0. The molecule has 70 valence electrons. The van der Waals surface area contributed by atoms with Gasteiger partial charge >= 0.3 is 0 Å². The van der Waals surface area contributed by atoms with Gasteiger partial charge in [0.15, 0.2) is 5.11 Å². The quantitative estimate of drug-likeness (QED) is 0.584. The molecule has 0 spiro atoms. The highest BCUT2D eigenvalue weighted by Gasteiger charge is 2.09. The van der Waals surface area contributed by atoms with E-state index in [1.807, 2.05) is 0 Å². The van der Waals surface area contributed by atoms with Crippen LogP contribution >= 0.6 is 35.4 Å². The summed E-state index contributed by atoms with van der Waals surface area (Å²) in [7, 11) is 0. The molecule has 0 aromatic heterocycles. The van der Waals surface area contributed by atoms with E-state index < -0.39 is 5.82 Å². The lowest BCUT2D eigenvalue weighted by Gasteiger charge is -2.07. The molecule has 0 atom stereocenters. The summed E-state index contributed by atoms with van der Waals surface area (Å²) in [5.74, 6) is -0.583. The molecule has 1 aromatic carbocycles. The normalized spacial score (nSPS) is 9.77. The molecule has 3 N–H and O–H groups in total. The van der Waals surface area contributed by atoms with Gasteiger partial charge in [0.25, 0.3) is 0 Å². The summed E-state index contributed by atoms with van der Waals surface area (Å²) in [5, 5.41) is 2.53. The number of nitrogens with one attached hydrogen (secondary N) is 1. The second-order valence-corrected chi connectivity index (χ2v) is 3.41. The highest BCUT2D eigenvalue weighted by molar-refractivity contribution is 7.80. The number of nitrogens with two attached hydrogens (primary N) is 1. The Kier molecular flexibility index (Phi) is 3.30. The van der Waals surface area contributed by atoms with Crippen molar-refractivity contribution in [3.8, 4) is 0 Å². The molecular weight excluding hydrogens is 234 g/mol. The molecule has 0 unspecified atom stereocenters. The van der Waals surface area contributed by atoms with Crippen LogP contribution in [-0.2, 0) is 0 Å². The Labute approximate surface area is 89.8 Å². The number of thiocarbonyl (C=S) groups is 1. The summed E-state index contributed by atoms with van der Waals surface area (Å²) in [4.78, 5) is 0. The van der Waals surface area contributed by atoms with E-state index in [4.69, 9.17) is 28.9 Å². The van der Waals surface area contributed by atoms with Crippen molar-refractivity contribution in [2.75, 3.05) is 5.32 Å². The van der Waals surface area contributed by atoms with Crippen molar-refractivity contribution in [1.29, 1.82) is 0 Å². The molecular formula is C7H5Cl2FN2S. The second-order valence-electron chi connectivity index (χ2n) is 2.21. The first kappa shape index (κ1) is 10.5. The van der Waals surface area contributed by atoms with Crippen molar-refractivity contribution in [2.45, 2.75) is 0 Å². The van der Waals surface area contributed by atoms with E-state index in [0.29, 0.717) is 5.69 Å². The molecule has 13 heavy (non-hydrogen) atoms. The minimum Gasteiger partial charge on any atom is -0.376 e. The first-order chi connectivity index (χ1) is 6.02. The van der Waals surface area contributed by atoms with Gasteiger partial charge in [-0.15, -0.1) is 0 Å². The maximum atomic E-state index is 12.8. The van der Waals surface area contributed by atoms with Gasteiger partial charge in [0.05, 0.1) is 15.7 Å². The fourth-order valence-electron chi connectivity index (χ4n) is 0.755. The molecule has 2 nitrogen and oxygen atoms in total. The zero-order valence-corrected chi connectivity index (χ0v) is 8.60. The summed E-state index contributed by atoms with van der Waals surface area (Å²) in [6.45, 7) is 0. The molecule has 0 saturated carbocycles. The van der Waals surface area contributed by atoms with Gasteiger partial charge in [-0.25, -0.2) is 4.39 Å². The zero-order valence-electron chi connectivity index (χ0n) is 6.27. The first-order valence-corrected chi connectivity index (χ1v) is 4.38. The van der Waals surface area contributed by atoms with Crippen LogP contribution in [-0.4, -0.2) is 5.11 Å². The molecule has 0 radical (unpaired) electrons. The zero-order chi connectivity index (χ0) is 10.0. The highest BCUT2D eigenvalue weighted by Crippen LogP contribution is 2.31. The molecule has 6 heteroatoms. The average molecular weight is 239 g/mol. The number of halogens is 3. The number of rotatable bonds is 1. The van der Waals surface area contributed by atoms with E-state index in [-0.39, 0.29) is 15.2 Å². The van der Waals surface area contributed by atoms with E-state index in [1.54, 1.807) is 0 Å². The smallest absolute Gasteiger partial charge is 0.168 e. The number of anilines is 1. The molecule has 0 amide bonds. The van der Waals surface area contributed by atoms with Gasteiger partial charge in [-0.2, -0.15) is 0 Å². The standard InChI is InChI=1S/C7H5Cl2FN2S/c8-5-3(10)1-2-4(6(5)9)12-7(11)13/h1-2H,(H3,11,12,13). The molecule has 1 aromatic rings. The number of benzene rings is 1. The Morgan fingerprint density at radius 3 is 2.54 bits per heavy atom. The SMILES string of the molecule is NC(=S)Nc1ccc(F)c(Cl)c1Cl. The topological polar surface area (TPSA) is 38.0 Å². The van der Waals surface area contributed by atoms with Gasteiger partial charge in [0, 0.05) is 0 Å². The molecule has 0 saturated heterocycles. The number of hydrogen-bond acceptors (Lipinski definition) is 1. The fraction of sp³-hybridized carbons (Fsp3) is 0. The van der Waals surface area contributed by atoms with Gasteiger partial charge in [0.1, 0.15) is 5.82 Å². The van der Waals surface area contributed by atoms with Crippen molar-refractivity contribution in [2.24, 2.45) is 5.73 Å². The van der Waals surface area contributed by atoms with Crippen LogP contribution < -0.4 is 11.1 Å². The van der Waals surface area contributed by atoms with Crippen LogP contribution in [0.25, 0.3) is 0 Å². The van der Waals surface area contributed by atoms with E-state index in [2.05, 4.69) is 17.5 Å². The van der Waals surface area contributed by atoms with Gasteiger partial charge < -0.3 is 11.1 Å². The Morgan fingerprint density at radius 2 is 2.00 bits per heavy atom. The van der Waals surface area contributed by atoms with E-state index in [1.165, 1.54) is 12.1 Å². The summed E-state index contributed by atoms with van der Waals surface area (Å²) in [5.41, 5.74) is 5.60. The Balaban J connectivity index is 3.10. The largest absolute Gasteiger partial charge is 0.376 e. The van der Waals surface area contributed by atoms with Crippen LogP contribution in [0, 0.1) is 5.82 Å². The van der Waals surface area contributed by atoms with Crippen LogP contribution in [0.3, 0.4) is 0 Å². The molecule has 0 heterocycles. The summed E-state index contributed by atoms with van der Waals surface area (Å²) in [6, 6.07) is 2.58. The lowest BCUT2D eigenvalue weighted by atomic mass is 10.3. The lowest BCUT2D eigenvalue weighted by molar-refractivity contribution is 0.628. The highest BCUT2D eigenvalue weighted by atomic mass is 35.5. The minimum atomic E-state index is -0.583. The molecule has 1 rings (SSSR count). The van der Waals surface area contributed by atoms with Crippen molar-refractivity contribution in [3.05, 3.63) is 28.0 Å². The van der Waals surface area contributed by atoms with E-state index >= 15 is 0 Å². The van der Waals surface area contributed by atoms with Crippen LogP contribution in [0.15, 0.2) is 12.1 Å². The van der Waals surface area contributed by atoms with Gasteiger partial charge in [-0.05, 0) is 24.4 Å². The second kappa shape index (κ2) is 4.09. The summed E-state index contributed by atoms with van der Waals surface area (Å²) >= 11 is 15.8. The molecule has 0 bridgehead atoms. The molecule has 0 aliphatic rings. The maximum absolute atomic E-state index is 12.8. The minimum absolute atomic E-state index is 0.0459. The molecule has 0 fully saturated rings. The van der Waals surface area contributed by atoms with E-state index in [9.17, 15) is 4.39 Å². The Morgan fingerprint density at radius 1 is 1.38 bits per heavy atom. The third-order valence-corrected chi connectivity index (χ3v) is 2.25. The summed E-state index contributed by atoms with van der Waals surface area (Å²) < 4.78 is 12.8. The van der Waals surface area contributed by atoms with Crippen molar-refractivity contribution in [1.82, 2.24) is 0 Å². The monoisotopic (exact) mass is 238 g/mol. The Hall–Kier alpha value is -0.580. The third kappa shape index (κ3) is 2.43. The fourth-order valence-corrected chi connectivity index (χ4v) is 1.23. The van der Waals surface area contributed by atoms with E-state index in [0.717, 1.165) is 0 Å². The van der Waals surface area contributed by atoms with Crippen LogP contribution in [0.1, 0.15) is 0 Å². The van der Waals surface area contributed by atoms with Crippen LogP contribution in [0.5, 0.6) is 0 Å². The van der Waals surface area contributed by atoms with Crippen LogP contribution in [0.4, 0.5) is 10.1 Å². The Bertz CT molecular complexity index is 357. The van der Waals surface area contributed by atoms with Gasteiger partial charge in [0.2, 0.25) is 0 Å². The van der Waals surface area contributed by atoms with Crippen molar-refractivity contribution in [3.63, 3.8) is 0 Å². The van der Waals surface area contributed by atoms with Gasteiger partial charge in [-0.1, -0.05) is 23.2 Å². The van der Waals surface area contributed by atoms with Crippen LogP contribution in [0.2, 0.25) is 10.0 Å².